The van der Waals surface area contributed by atoms with Gasteiger partial charge in [-0.1, -0.05) is 41.9 Å². The number of ether oxygens (including phenoxy) is 2. The van der Waals surface area contributed by atoms with Gasteiger partial charge in [0.15, 0.2) is 6.61 Å². The standard InChI is InChI=1S/C10H11BrO3.C2H6/c1-13-10(12)7-14-9-4-2-8(6-11)3-5-9;1-2/h2-5H,6-7H2,1H3;1-2H3. The van der Waals surface area contributed by atoms with E-state index in [-0.39, 0.29) is 12.6 Å². The molecule has 0 radical (unpaired) electrons. The Bertz CT molecular complexity index is 296. The lowest BCUT2D eigenvalue weighted by atomic mass is 10.2. The summed E-state index contributed by atoms with van der Waals surface area (Å²) in [5.41, 5.74) is 1.16. The van der Waals surface area contributed by atoms with E-state index in [1.54, 1.807) is 0 Å². The molecule has 0 atom stereocenters. The minimum absolute atomic E-state index is 0.0514. The number of halogens is 1. The Morgan fingerprint density at radius 3 is 2.25 bits per heavy atom. The fraction of sp³-hybridized carbons (Fsp3) is 0.417. The molecule has 0 fully saturated rings. The zero-order valence-corrected chi connectivity index (χ0v) is 11.4. The van der Waals surface area contributed by atoms with E-state index < -0.39 is 0 Å². The molecule has 0 saturated heterocycles. The molecular weight excluding hydrogens is 272 g/mol. The molecule has 0 heterocycles. The van der Waals surface area contributed by atoms with Crippen molar-refractivity contribution in [3.8, 4) is 5.75 Å². The van der Waals surface area contributed by atoms with Crippen molar-refractivity contribution < 1.29 is 14.3 Å². The molecule has 1 aromatic carbocycles. The maximum Gasteiger partial charge on any atom is 0.343 e. The Hall–Kier alpha value is -1.03. The lowest BCUT2D eigenvalue weighted by Gasteiger charge is -2.04. The van der Waals surface area contributed by atoms with Gasteiger partial charge in [0, 0.05) is 5.33 Å². The fourth-order valence-electron chi connectivity index (χ4n) is 0.876. The number of methoxy groups -OCH3 is 1. The average Bonchev–Trinajstić information content (AvgIpc) is 2.38. The Morgan fingerprint density at radius 1 is 1.25 bits per heavy atom. The van der Waals surface area contributed by atoms with Crippen molar-refractivity contribution in [2.24, 2.45) is 0 Å². The molecule has 0 unspecified atom stereocenters. The van der Waals surface area contributed by atoms with Crippen LogP contribution in [-0.2, 0) is 14.9 Å². The van der Waals surface area contributed by atoms with Crippen molar-refractivity contribution in [3.05, 3.63) is 29.8 Å². The van der Waals surface area contributed by atoms with Crippen molar-refractivity contribution in [2.75, 3.05) is 13.7 Å². The van der Waals surface area contributed by atoms with Crippen LogP contribution in [0, 0.1) is 0 Å². The minimum Gasteiger partial charge on any atom is -0.482 e. The van der Waals surface area contributed by atoms with Crippen LogP contribution >= 0.6 is 15.9 Å². The monoisotopic (exact) mass is 288 g/mol. The molecule has 0 spiro atoms. The first-order valence-corrected chi connectivity index (χ1v) is 6.23. The molecule has 1 aromatic rings. The van der Waals surface area contributed by atoms with Crippen LogP contribution in [-0.4, -0.2) is 19.7 Å². The van der Waals surface area contributed by atoms with Crippen LogP contribution < -0.4 is 4.74 Å². The summed E-state index contributed by atoms with van der Waals surface area (Å²) in [4.78, 5) is 10.8. The molecule has 0 aliphatic heterocycles. The summed E-state index contributed by atoms with van der Waals surface area (Å²) in [5.74, 6) is 0.287. The number of benzene rings is 1. The SMILES string of the molecule is CC.COC(=O)COc1ccc(CBr)cc1. The molecule has 0 aromatic heterocycles. The van der Waals surface area contributed by atoms with Gasteiger partial charge in [-0.2, -0.15) is 0 Å². The molecule has 0 aliphatic carbocycles. The lowest BCUT2D eigenvalue weighted by Crippen LogP contribution is -2.12. The van der Waals surface area contributed by atoms with Gasteiger partial charge in [-0.15, -0.1) is 0 Å². The van der Waals surface area contributed by atoms with E-state index >= 15 is 0 Å². The molecule has 16 heavy (non-hydrogen) atoms. The van der Waals surface area contributed by atoms with E-state index in [1.807, 2.05) is 38.1 Å². The van der Waals surface area contributed by atoms with Crippen LogP contribution in [0.15, 0.2) is 24.3 Å². The molecule has 0 N–H and O–H groups in total. The van der Waals surface area contributed by atoms with Gasteiger partial charge in [0.2, 0.25) is 0 Å². The summed E-state index contributed by atoms with van der Waals surface area (Å²) in [5, 5.41) is 0.810. The Kier molecular flexibility index (Phi) is 8.62. The van der Waals surface area contributed by atoms with Crippen molar-refractivity contribution >= 4 is 21.9 Å². The molecule has 3 nitrogen and oxygen atoms in total. The second-order valence-electron chi connectivity index (χ2n) is 2.64. The minimum atomic E-state index is -0.380. The van der Waals surface area contributed by atoms with Gasteiger partial charge in [0.25, 0.3) is 0 Å². The Labute approximate surface area is 105 Å². The zero-order valence-electron chi connectivity index (χ0n) is 9.83. The van der Waals surface area contributed by atoms with Crippen molar-refractivity contribution in [2.45, 2.75) is 19.2 Å². The second kappa shape index (κ2) is 9.21. The number of hydrogen-bond acceptors (Lipinski definition) is 3. The van der Waals surface area contributed by atoms with E-state index in [0.717, 1.165) is 10.9 Å². The Morgan fingerprint density at radius 2 is 1.81 bits per heavy atom. The molecule has 0 saturated carbocycles. The van der Waals surface area contributed by atoms with Gasteiger partial charge >= 0.3 is 5.97 Å². The third kappa shape index (κ3) is 5.75. The molecule has 0 aliphatic rings. The highest BCUT2D eigenvalue weighted by Gasteiger charge is 2.00. The van der Waals surface area contributed by atoms with Gasteiger partial charge in [0.1, 0.15) is 5.75 Å². The molecule has 1 rings (SSSR count). The summed E-state index contributed by atoms with van der Waals surface area (Å²) in [6, 6.07) is 7.50. The van der Waals surface area contributed by atoms with E-state index in [9.17, 15) is 4.79 Å². The van der Waals surface area contributed by atoms with Gasteiger partial charge in [-0.05, 0) is 17.7 Å². The highest BCUT2D eigenvalue weighted by atomic mass is 79.9. The van der Waals surface area contributed by atoms with Crippen LogP contribution in [0.3, 0.4) is 0 Å². The smallest absolute Gasteiger partial charge is 0.343 e. The topological polar surface area (TPSA) is 35.5 Å². The van der Waals surface area contributed by atoms with Crippen molar-refractivity contribution in [1.29, 1.82) is 0 Å². The summed E-state index contributed by atoms with van der Waals surface area (Å²) in [6.07, 6.45) is 0. The van der Waals surface area contributed by atoms with Gasteiger partial charge < -0.3 is 9.47 Å². The van der Waals surface area contributed by atoms with Crippen LogP contribution in [0.2, 0.25) is 0 Å². The fourth-order valence-corrected chi connectivity index (χ4v) is 1.25. The number of esters is 1. The second-order valence-corrected chi connectivity index (χ2v) is 3.20. The van der Waals surface area contributed by atoms with E-state index in [0.29, 0.717) is 5.75 Å². The molecule has 4 heteroatoms. The zero-order chi connectivity index (χ0) is 12.4. The van der Waals surface area contributed by atoms with Crippen LogP contribution in [0.1, 0.15) is 19.4 Å². The molecule has 90 valence electrons. The molecular formula is C12H17BrO3. The third-order valence-corrected chi connectivity index (χ3v) is 2.31. The number of hydrogen-bond donors (Lipinski definition) is 0. The summed E-state index contributed by atoms with van der Waals surface area (Å²) in [7, 11) is 1.33. The van der Waals surface area contributed by atoms with Crippen LogP contribution in [0.4, 0.5) is 0 Å². The molecule has 0 amide bonds. The predicted molar refractivity (Wildman–Crippen MR) is 67.9 cm³/mol. The normalized spacial score (nSPS) is 8.75. The quantitative estimate of drug-likeness (QED) is 0.631. The van der Waals surface area contributed by atoms with E-state index in [1.165, 1.54) is 7.11 Å². The van der Waals surface area contributed by atoms with Crippen LogP contribution in [0.5, 0.6) is 5.75 Å². The molecule has 0 bridgehead atoms. The Balaban J connectivity index is 0.00000106. The first kappa shape index (κ1) is 15.0. The van der Waals surface area contributed by atoms with Crippen molar-refractivity contribution in [1.82, 2.24) is 0 Å². The number of alkyl halides is 1. The number of carbonyl (C=O) groups is 1. The number of carbonyl (C=O) groups excluding carboxylic acids is 1. The summed E-state index contributed by atoms with van der Waals surface area (Å²) < 4.78 is 9.61. The largest absolute Gasteiger partial charge is 0.482 e. The highest BCUT2D eigenvalue weighted by molar-refractivity contribution is 9.08. The van der Waals surface area contributed by atoms with E-state index in [2.05, 4.69) is 20.7 Å². The van der Waals surface area contributed by atoms with Crippen LogP contribution in [0.25, 0.3) is 0 Å². The third-order valence-electron chi connectivity index (χ3n) is 1.66. The highest BCUT2D eigenvalue weighted by Crippen LogP contribution is 2.13. The summed E-state index contributed by atoms with van der Waals surface area (Å²) in [6.45, 7) is 3.95. The number of rotatable bonds is 4. The lowest BCUT2D eigenvalue weighted by molar-refractivity contribution is -0.142. The maximum atomic E-state index is 10.8. The van der Waals surface area contributed by atoms with Gasteiger partial charge in [-0.3, -0.25) is 0 Å². The van der Waals surface area contributed by atoms with Gasteiger partial charge in [-0.25, -0.2) is 4.79 Å². The van der Waals surface area contributed by atoms with Gasteiger partial charge in [0.05, 0.1) is 7.11 Å². The maximum absolute atomic E-state index is 10.8. The summed E-state index contributed by atoms with van der Waals surface area (Å²) >= 11 is 3.34. The first-order valence-electron chi connectivity index (χ1n) is 5.11. The van der Waals surface area contributed by atoms with Crippen molar-refractivity contribution in [3.63, 3.8) is 0 Å². The average molecular weight is 289 g/mol. The predicted octanol–water partition coefficient (Wildman–Crippen LogP) is 3.16. The first-order chi connectivity index (χ1) is 7.76. The van der Waals surface area contributed by atoms with E-state index in [4.69, 9.17) is 4.74 Å².